The van der Waals surface area contributed by atoms with Gasteiger partial charge in [-0.1, -0.05) is 17.7 Å². The number of ether oxygens (including phenoxy) is 1. The highest BCUT2D eigenvalue weighted by molar-refractivity contribution is 6.33. The lowest BCUT2D eigenvalue weighted by Gasteiger charge is -2.12. The molecule has 5 nitrogen and oxygen atoms in total. The Hall–Kier alpha value is -2.01. The van der Waals surface area contributed by atoms with Crippen LogP contribution in [0.2, 0.25) is 5.02 Å². The van der Waals surface area contributed by atoms with Gasteiger partial charge in [-0.15, -0.1) is 0 Å². The molecule has 1 aromatic heterocycles. The number of benzene rings is 1. The van der Waals surface area contributed by atoms with E-state index < -0.39 is 5.97 Å². The van der Waals surface area contributed by atoms with Crippen LogP contribution in [-0.2, 0) is 7.05 Å². The van der Waals surface area contributed by atoms with E-state index >= 15 is 0 Å². The van der Waals surface area contributed by atoms with Gasteiger partial charge < -0.3 is 9.84 Å². The SMILES string of the molecule is COc1c(-c2cc(C(=O)O)nn2C)ccc(C)c1Cl. The predicted octanol–water partition coefficient (Wildman–Crippen LogP) is 2.76. The quantitative estimate of drug-likeness (QED) is 0.939. The van der Waals surface area contributed by atoms with Crippen molar-refractivity contribution in [3.8, 4) is 17.0 Å². The second-order valence-corrected chi connectivity index (χ2v) is 4.50. The summed E-state index contributed by atoms with van der Waals surface area (Å²) in [5.74, 6) is -0.555. The number of hydrogen-bond donors (Lipinski definition) is 1. The molecule has 1 aromatic carbocycles. The van der Waals surface area contributed by atoms with E-state index in [0.29, 0.717) is 22.0 Å². The summed E-state index contributed by atoms with van der Waals surface area (Å²) in [6.07, 6.45) is 0. The van der Waals surface area contributed by atoms with Gasteiger partial charge in [0.25, 0.3) is 0 Å². The zero-order chi connectivity index (χ0) is 14.2. The number of nitrogens with zero attached hydrogens (tertiary/aromatic N) is 2. The number of rotatable bonds is 3. The van der Waals surface area contributed by atoms with Crippen molar-refractivity contribution < 1.29 is 14.6 Å². The van der Waals surface area contributed by atoms with Gasteiger partial charge in [0.05, 0.1) is 17.8 Å². The maximum absolute atomic E-state index is 10.9. The Bertz CT molecular complexity index is 650. The van der Waals surface area contributed by atoms with Crippen molar-refractivity contribution in [2.24, 2.45) is 7.05 Å². The molecule has 0 bridgehead atoms. The van der Waals surface area contributed by atoms with Gasteiger partial charge in [-0.25, -0.2) is 4.79 Å². The van der Waals surface area contributed by atoms with E-state index in [9.17, 15) is 4.79 Å². The van der Waals surface area contributed by atoms with E-state index in [-0.39, 0.29) is 5.69 Å². The highest BCUT2D eigenvalue weighted by Crippen LogP contribution is 2.38. The van der Waals surface area contributed by atoms with Gasteiger partial charge in [-0.2, -0.15) is 5.10 Å². The molecular formula is C13H13ClN2O3. The van der Waals surface area contributed by atoms with E-state index in [1.54, 1.807) is 7.05 Å². The summed E-state index contributed by atoms with van der Waals surface area (Å²) in [4.78, 5) is 10.9. The Morgan fingerprint density at radius 1 is 1.47 bits per heavy atom. The number of carbonyl (C=O) groups is 1. The van der Waals surface area contributed by atoms with Crippen LogP contribution in [0.5, 0.6) is 5.75 Å². The molecule has 0 aliphatic heterocycles. The molecule has 0 aliphatic rings. The first-order chi connectivity index (χ1) is 8.95. The number of carboxylic acids is 1. The van der Waals surface area contributed by atoms with Crippen molar-refractivity contribution in [3.05, 3.63) is 34.5 Å². The molecule has 1 heterocycles. The molecule has 0 saturated carbocycles. The average molecular weight is 281 g/mol. The molecular weight excluding hydrogens is 268 g/mol. The Morgan fingerprint density at radius 2 is 2.16 bits per heavy atom. The molecule has 100 valence electrons. The molecule has 0 atom stereocenters. The molecule has 6 heteroatoms. The first-order valence-electron chi connectivity index (χ1n) is 5.56. The average Bonchev–Trinajstić information content (AvgIpc) is 2.75. The number of aryl methyl sites for hydroxylation is 2. The Kier molecular flexibility index (Phi) is 3.48. The van der Waals surface area contributed by atoms with Gasteiger partial charge in [0.15, 0.2) is 5.69 Å². The minimum absolute atomic E-state index is 0.0174. The summed E-state index contributed by atoms with van der Waals surface area (Å²) in [5, 5.41) is 13.4. The molecule has 0 aliphatic carbocycles. The summed E-state index contributed by atoms with van der Waals surface area (Å²) >= 11 is 6.20. The summed E-state index contributed by atoms with van der Waals surface area (Å²) in [6, 6.07) is 5.18. The van der Waals surface area contributed by atoms with Crippen LogP contribution >= 0.6 is 11.6 Å². The number of hydrogen-bond acceptors (Lipinski definition) is 3. The third-order valence-corrected chi connectivity index (χ3v) is 3.34. The van der Waals surface area contributed by atoms with E-state index in [2.05, 4.69) is 5.10 Å². The molecule has 1 N–H and O–H groups in total. The normalized spacial score (nSPS) is 10.5. The third kappa shape index (κ3) is 2.29. The second-order valence-electron chi connectivity index (χ2n) is 4.12. The molecule has 0 radical (unpaired) electrons. The Morgan fingerprint density at radius 3 is 2.68 bits per heavy atom. The van der Waals surface area contributed by atoms with Crippen molar-refractivity contribution in [2.45, 2.75) is 6.92 Å². The number of aromatic nitrogens is 2. The van der Waals surface area contributed by atoms with Crippen LogP contribution in [0.1, 0.15) is 16.1 Å². The zero-order valence-electron chi connectivity index (χ0n) is 10.8. The first kappa shape index (κ1) is 13.4. The summed E-state index contributed by atoms with van der Waals surface area (Å²) in [5.41, 5.74) is 2.22. The summed E-state index contributed by atoms with van der Waals surface area (Å²) in [7, 11) is 3.20. The van der Waals surface area contributed by atoms with Gasteiger partial charge in [-0.3, -0.25) is 4.68 Å². The molecule has 0 fully saturated rings. The molecule has 0 amide bonds. The van der Waals surface area contributed by atoms with Gasteiger partial charge in [0.2, 0.25) is 0 Å². The fourth-order valence-electron chi connectivity index (χ4n) is 1.88. The van der Waals surface area contributed by atoms with E-state index in [1.807, 2.05) is 19.1 Å². The molecule has 0 saturated heterocycles. The van der Waals surface area contributed by atoms with Crippen LogP contribution in [0, 0.1) is 6.92 Å². The van der Waals surface area contributed by atoms with Crippen LogP contribution < -0.4 is 4.74 Å². The Labute approximate surface area is 115 Å². The smallest absolute Gasteiger partial charge is 0.356 e. The first-order valence-corrected chi connectivity index (χ1v) is 5.94. The number of methoxy groups -OCH3 is 1. The van der Waals surface area contributed by atoms with Crippen molar-refractivity contribution >= 4 is 17.6 Å². The van der Waals surface area contributed by atoms with Crippen LogP contribution in [0.15, 0.2) is 18.2 Å². The van der Waals surface area contributed by atoms with Crippen molar-refractivity contribution in [3.63, 3.8) is 0 Å². The van der Waals surface area contributed by atoms with Crippen molar-refractivity contribution in [1.82, 2.24) is 9.78 Å². The van der Waals surface area contributed by atoms with Crippen molar-refractivity contribution in [2.75, 3.05) is 7.11 Å². The molecule has 0 unspecified atom stereocenters. The second kappa shape index (κ2) is 4.93. The van der Waals surface area contributed by atoms with Gasteiger partial charge in [0, 0.05) is 12.6 Å². The van der Waals surface area contributed by atoms with Gasteiger partial charge in [-0.05, 0) is 24.6 Å². The Balaban J connectivity index is 2.65. The fraction of sp³-hybridized carbons (Fsp3) is 0.231. The summed E-state index contributed by atoms with van der Waals surface area (Å²) in [6.45, 7) is 1.88. The van der Waals surface area contributed by atoms with Crippen molar-refractivity contribution in [1.29, 1.82) is 0 Å². The van der Waals surface area contributed by atoms with Gasteiger partial charge in [0.1, 0.15) is 5.75 Å². The minimum Gasteiger partial charge on any atom is -0.494 e. The number of aromatic carboxylic acids is 1. The monoisotopic (exact) mass is 280 g/mol. The number of halogens is 1. The predicted molar refractivity (Wildman–Crippen MR) is 71.9 cm³/mol. The van der Waals surface area contributed by atoms with E-state index in [0.717, 1.165) is 5.56 Å². The van der Waals surface area contributed by atoms with Crippen LogP contribution in [-0.4, -0.2) is 28.0 Å². The zero-order valence-corrected chi connectivity index (χ0v) is 11.5. The summed E-state index contributed by atoms with van der Waals surface area (Å²) < 4.78 is 6.81. The minimum atomic E-state index is -1.07. The fourth-order valence-corrected chi connectivity index (χ4v) is 2.12. The topological polar surface area (TPSA) is 64.3 Å². The van der Waals surface area contributed by atoms with E-state index in [4.69, 9.17) is 21.4 Å². The maximum atomic E-state index is 10.9. The molecule has 0 spiro atoms. The highest BCUT2D eigenvalue weighted by Gasteiger charge is 2.18. The third-order valence-electron chi connectivity index (χ3n) is 2.87. The molecule has 2 aromatic rings. The number of carboxylic acid groups (broad SMARTS) is 1. The van der Waals surface area contributed by atoms with Gasteiger partial charge >= 0.3 is 5.97 Å². The van der Waals surface area contributed by atoms with Crippen LogP contribution in [0.3, 0.4) is 0 Å². The standard InChI is InChI=1S/C13H13ClN2O3/c1-7-4-5-8(12(19-3)11(7)14)10-6-9(13(17)18)15-16(10)2/h4-6H,1-3H3,(H,17,18). The van der Waals surface area contributed by atoms with Crippen LogP contribution in [0.25, 0.3) is 11.3 Å². The maximum Gasteiger partial charge on any atom is 0.356 e. The lowest BCUT2D eigenvalue weighted by Crippen LogP contribution is -2.00. The lowest BCUT2D eigenvalue weighted by atomic mass is 10.1. The molecule has 2 rings (SSSR count). The lowest BCUT2D eigenvalue weighted by molar-refractivity contribution is 0.0689. The van der Waals surface area contributed by atoms with E-state index in [1.165, 1.54) is 17.9 Å². The van der Waals surface area contributed by atoms with Crippen LogP contribution in [0.4, 0.5) is 0 Å². The molecule has 19 heavy (non-hydrogen) atoms. The largest absolute Gasteiger partial charge is 0.494 e. The highest BCUT2D eigenvalue weighted by atomic mass is 35.5.